The van der Waals surface area contributed by atoms with Gasteiger partial charge in [-0.05, 0) is 50.2 Å². The fourth-order valence-electron chi connectivity index (χ4n) is 1.87. The van der Waals surface area contributed by atoms with Crippen LogP contribution in [0.4, 0.5) is 4.79 Å². The lowest BCUT2D eigenvalue weighted by atomic mass is 10.2. The average molecular weight is 354 g/mol. The maximum Gasteiger partial charge on any atom is 0.326 e. The molecule has 7 heteroatoms. The molecular weight excluding hydrogens is 338 g/mol. The van der Waals surface area contributed by atoms with Crippen molar-refractivity contribution >= 4 is 46.6 Å². The smallest absolute Gasteiger partial charge is 0.326 e. The molecule has 0 aliphatic carbocycles. The Balaban J connectivity index is 2.14. The molecule has 2 amide bonds. The van der Waals surface area contributed by atoms with Crippen molar-refractivity contribution in [3.05, 3.63) is 39.8 Å². The lowest BCUT2D eigenvalue weighted by Crippen LogP contribution is -2.37. The van der Waals surface area contributed by atoms with Gasteiger partial charge in [0.15, 0.2) is 0 Å². The van der Waals surface area contributed by atoms with Gasteiger partial charge in [-0.3, -0.25) is 19.3 Å². The summed E-state index contributed by atoms with van der Waals surface area (Å²) in [6.07, 6.45) is 1.54. The Labute approximate surface area is 143 Å². The summed E-state index contributed by atoms with van der Waals surface area (Å²) in [5, 5.41) is -0.0226. The van der Waals surface area contributed by atoms with E-state index in [0.29, 0.717) is 10.6 Å². The third kappa shape index (κ3) is 4.59. The number of halogens is 1. The van der Waals surface area contributed by atoms with Gasteiger partial charge >= 0.3 is 5.97 Å². The largest absolute Gasteiger partial charge is 0.459 e. The first kappa shape index (κ1) is 17.6. The molecule has 0 saturated carbocycles. The summed E-state index contributed by atoms with van der Waals surface area (Å²) >= 11 is 6.82. The van der Waals surface area contributed by atoms with Gasteiger partial charge in [0, 0.05) is 5.02 Å². The minimum Gasteiger partial charge on any atom is -0.459 e. The van der Waals surface area contributed by atoms with Gasteiger partial charge < -0.3 is 4.74 Å². The van der Waals surface area contributed by atoms with Crippen LogP contribution in [0, 0.1) is 0 Å². The second kappa shape index (κ2) is 6.76. The van der Waals surface area contributed by atoms with Gasteiger partial charge in [-0.15, -0.1) is 0 Å². The van der Waals surface area contributed by atoms with E-state index in [0.717, 1.165) is 16.7 Å². The summed E-state index contributed by atoms with van der Waals surface area (Å²) in [7, 11) is 0. The molecule has 1 aromatic rings. The van der Waals surface area contributed by atoms with Gasteiger partial charge in [-0.2, -0.15) is 0 Å². The molecule has 1 aromatic carbocycles. The normalized spacial score (nSPS) is 17.0. The minimum absolute atomic E-state index is 0.228. The average Bonchev–Trinajstić information content (AvgIpc) is 2.67. The number of amides is 2. The van der Waals surface area contributed by atoms with Crippen LogP contribution in [0.5, 0.6) is 0 Å². The minimum atomic E-state index is -0.674. The van der Waals surface area contributed by atoms with Gasteiger partial charge in [0.2, 0.25) is 0 Å². The van der Waals surface area contributed by atoms with Crippen LogP contribution < -0.4 is 0 Å². The highest BCUT2D eigenvalue weighted by Gasteiger charge is 2.37. The molecule has 2 rings (SSSR count). The van der Waals surface area contributed by atoms with Gasteiger partial charge in [0.1, 0.15) is 12.1 Å². The summed E-state index contributed by atoms with van der Waals surface area (Å²) in [4.78, 5) is 37.2. The van der Waals surface area contributed by atoms with Gasteiger partial charge in [0.05, 0.1) is 4.91 Å². The van der Waals surface area contributed by atoms with E-state index in [1.54, 1.807) is 51.1 Å². The first-order chi connectivity index (χ1) is 10.7. The number of carbonyl (C=O) groups is 3. The summed E-state index contributed by atoms with van der Waals surface area (Å²) in [5.74, 6) is -1.15. The molecule has 0 spiro atoms. The van der Waals surface area contributed by atoms with Crippen molar-refractivity contribution in [1.82, 2.24) is 4.90 Å². The number of rotatable bonds is 3. The quantitative estimate of drug-likeness (QED) is 0.612. The summed E-state index contributed by atoms with van der Waals surface area (Å²) in [5.41, 5.74) is -0.0383. The molecule has 5 nitrogen and oxygen atoms in total. The highest BCUT2D eigenvalue weighted by Crippen LogP contribution is 2.33. The van der Waals surface area contributed by atoms with E-state index in [1.807, 2.05) is 0 Å². The van der Waals surface area contributed by atoms with Crippen LogP contribution in [0.3, 0.4) is 0 Å². The number of ether oxygens (including phenoxy) is 1. The molecule has 0 bridgehead atoms. The third-order valence-corrected chi connectivity index (χ3v) is 4.02. The standard InChI is InChI=1S/C16H16ClNO4S/c1-16(2,3)22-13(19)9-18-14(20)12(23-15(18)21)8-10-6-4-5-7-11(10)17/h4-8H,9H2,1-3H3/b12-8+. The van der Waals surface area contributed by atoms with Gasteiger partial charge in [0.25, 0.3) is 11.1 Å². The maximum absolute atomic E-state index is 12.3. The van der Waals surface area contributed by atoms with E-state index in [9.17, 15) is 14.4 Å². The maximum atomic E-state index is 12.3. The Morgan fingerprint density at radius 1 is 1.30 bits per heavy atom. The van der Waals surface area contributed by atoms with E-state index < -0.39 is 29.3 Å². The Kier molecular flexibility index (Phi) is 5.16. The van der Waals surface area contributed by atoms with E-state index in [2.05, 4.69) is 0 Å². The van der Waals surface area contributed by atoms with Crippen LogP contribution in [0.15, 0.2) is 29.2 Å². The lowest BCUT2D eigenvalue weighted by molar-refractivity contribution is -0.156. The Morgan fingerprint density at radius 3 is 2.57 bits per heavy atom. The zero-order chi connectivity index (χ0) is 17.2. The van der Waals surface area contributed by atoms with E-state index in [4.69, 9.17) is 16.3 Å². The predicted octanol–water partition coefficient (Wildman–Crippen LogP) is 3.72. The number of hydrogen-bond donors (Lipinski definition) is 0. The number of nitrogens with zero attached hydrogens (tertiary/aromatic N) is 1. The molecule has 0 radical (unpaired) electrons. The zero-order valence-corrected chi connectivity index (χ0v) is 14.5. The van der Waals surface area contributed by atoms with Crippen LogP contribution in [0.1, 0.15) is 26.3 Å². The van der Waals surface area contributed by atoms with Crippen LogP contribution in [0.2, 0.25) is 5.02 Å². The Bertz CT molecular complexity index is 694. The molecule has 0 unspecified atom stereocenters. The SMILES string of the molecule is CC(C)(C)OC(=O)CN1C(=O)S/C(=C/c2ccccc2Cl)C1=O. The summed E-state index contributed by atoms with van der Waals surface area (Å²) in [6, 6.07) is 6.99. The molecule has 1 aliphatic heterocycles. The molecule has 23 heavy (non-hydrogen) atoms. The predicted molar refractivity (Wildman–Crippen MR) is 90.0 cm³/mol. The molecule has 0 atom stereocenters. The molecule has 1 aliphatic rings. The molecule has 0 N–H and O–H groups in total. The number of carbonyl (C=O) groups excluding carboxylic acids is 3. The van der Waals surface area contributed by atoms with Gasteiger partial charge in [-0.1, -0.05) is 29.8 Å². The monoisotopic (exact) mass is 353 g/mol. The zero-order valence-electron chi connectivity index (χ0n) is 13.0. The van der Waals surface area contributed by atoms with Gasteiger partial charge in [-0.25, -0.2) is 0 Å². The molecule has 122 valence electrons. The first-order valence-corrected chi connectivity index (χ1v) is 8.08. The Morgan fingerprint density at radius 2 is 1.96 bits per heavy atom. The van der Waals surface area contributed by atoms with Crippen LogP contribution in [0.25, 0.3) is 6.08 Å². The van der Waals surface area contributed by atoms with Crippen molar-refractivity contribution in [2.24, 2.45) is 0 Å². The van der Waals surface area contributed by atoms with Crippen molar-refractivity contribution in [1.29, 1.82) is 0 Å². The fourth-order valence-corrected chi connectivity index (χ4v) is 2.89. The number of hydrogen-bond acceptors (Lipinski definition) is 5. The van der Waals surface area contributed by atoms with E-state index >= 15 is 0 Å². The number of esters is 1. The first-order valence-electron chi connectivity index (χ1n) is 6.89. The van der Waals surface area contributed by atoms with Crippen LogP contribution in [-0.2, 0) is 14.3 Å². The second-order valence-electron chi connectivity index (χ2n) is 5.88. The third-order valence-electron chi connectivity index (χ3n) is 2.77. The molecule has 0 aromatic heterocycles. The van der Waals surface area contributed by atoms with Crippen molar-refractivity contribution in [3.63, 3.8) is 0 Å². The number of benzene rings is 1. The highest BCUT2D eigenvalue weighted by molar-refractivity contribution is 8.18. The van der Waals surface area contributed by atoms with Crippen LogP contribution >= 0.6 is 23.4 Å². The fraction of sp³-hybridized carbons (Fsp3) is 0.312. The van der Waals surface area contributed by atoms with Crippen molar-refractivity contribution < 1.29 is 19.1 Å². The number of thioether (sulfide) groups is 1. The topological polar surface area (TPSA) is 63.7 Å². The summed E-state index contributed by atoms with van der Waals surface area (Å²) in [6.45, 7) is 4.75. The molecule has 1 saturated heterocycles. The highest BCUT2D eigenvalue weighted by atomic mass is 35.5. The lowest BCUT2D eigenvalue weighted by Gasteiger charge is -2.21. The molecule has 1 fully saturated rings. The Hall–Kier alpha value is -1.79. The molecule has 1 heterocycles. The van der Waals surface area contributed by atoms with Crippen LogP contribution in [-0.4, -0.2) is 34.2 Å². The molecular formula is C16H16ClNO4S. The number of imide groups is 1. The second-order valence-corrected chi connectivity index (χ2v) is 7.28. The van der Waals surface area contributed by atoms with E-state index in [1.165, 1.54) is 0 Å². The van der Waals surface area contributed by atoms with Crippen molar-refractivity contribution in [2.75, 3.05) is 6.54 Å². The van der Waals surface area contributed by atoms with E-state index in [-0.39, 0.29) is 4.91 Å². The summed E-state index contributed by atoms with van der Waals surface area (Å²) < 4.78 is 5.13. The van der Waals surface area contributed by atoms with Crippen molar-refractivity contribution in [2.45, 2.75) is 26.4 Å². The van der Waals surface area contributed by atoms with Crippen molar-refractivity contribution in [3.8, 4) is 0 Å².